The van der Waals surface area contributed by atoms with Crippen LogP contribution in [0.4, 0.5) is 0 Å². The van der Waals surface area contributed by atoms with Crippen molar-refractivity contribution in [3.8, 4) is 5.69 Å². The summed E-state index contributed by atoms with van der Waals surface area (Å²) in [5, 5.41) is 8.42. The summed E-state index contributed by atoms with van der Waals surface area (Å²) in [5.41, 5.74) is 3.42. The third kappa shape index (κ3) is 3.51. The molecule has 4 heteroatoms. The van der Waals surface area contributed by atoms with E-state index in [4.69, 9.17) is 11.6 Å². The average Bonchev–Trinajstić information content (AvgIpc) is 3.04. The zero-order valence-electron chi connectivity index (χ0n) is 11.5. The molecular formula is C17H16ClN3. The molecule has 21 heavy (non-hydrogen) atoms. The Bertz CT molecular complexity index is 690. The maximum Gasteiger partial charge on any atom is 0.0645 e. The van der Waals surface area contributed by atoms with Crippen LogP contribution in [0.25, 0.3) is 5.69 Å². The van der Waals surface area contributed by atoms with E-state index < -0.39 is 0 Å². The van der Waals surface area contributed by atoms with Crippen LogP contribution >= 0.6 is 11.6 Å². The lowest BCUT2D eigenvalue weighted by Gasteiger charge is -2.08. The molecule has 0 amide bonds. The van der Waals surface area contributed by atoms with Crippen LogP contribution in [0.1, 0.15) is 11.1 Å². The average molecular weight is 298 g/mol. The molecule has 0 aliphatic carbocycles. The first-order chi connectivity index (χ1) is 10.3. The smallest absolute Gasteiger partial charge is 0.0645 e. The molecule has 1 aromatic heterocycles. The van der Waals surface area contributed by atoms with E-state index in [0.717, 1.165) is 29.4 Å². The van der Waals surface area contributed by atoms with Gasteiger partial charge < -0.3 is 5.32 Å². The fraction of sp³-hybridized carbons (Fsp3) is 0.118. The molecule has 1 N–H and O–H groups in total. The van der Waals surface area contributed by atoms with Crippen LogP contribution in [0.5, 0.6) is 0 Å². The lowest BCUT2D eigenvalue weighted by Crippen LogP contribution is -2.13. The van der Waals surface area contributed by atoms with Crippen LogP contribution in [0.15, 0.2) is 67.0 Å². The second-order valence-electron chi connectivity index (χ2n) is 4.81. The summed E-state index contributed by atoms with van der Waals surface area (Å²) in [6.45, 7) is 1.57. The van der Waals surface area contributed by atoms with Gasteiger partial charge in [-0.2, -0.15) is 5.10 Å². The van der Waals surface area contributed by atoms with Crippen LogP contribution in [0.2, 0.25) is 5.02 Å². The molecule has 0 radical (unpaired) electrons. The minimum Gasteiger partial charge on any atom is -0.309 e. The second kappa shape index (κ2) is 6.57. The van der Waals surface area contributed by atoms with Crippen LogP contribution < -0.4 is 5.32 Å². The first-order valence-electron chi connectivity index (χ1n) is 6.86. The molecule has 3 rings (SSSR count). The summed E-state index contributed by atoms with van der Waals surface area (Å²) in [4.78, 5) is 0. The Balaban J connectivity index is 1.58. The molecule has 2 aromatic carbocycles. The molecule has 0 fully saturated rings. The molecule has 106 valence electrons. The molecule has 0 aliphatic heterocycles. The summed E-state index contributed by atoms with van der Waals surface area (Å²) in [5.74, 6) is 0. The van der Waals surface area contributed by atoms with Gasteiger partial charge in [-0.3, -0.25) is 0 Å². The molecule has 0 atom stereocenters. The Labute approximate surface area is 129 Å². The van der Waals surface area contributed by atoms with E-state index in [1.165, 1.54) is 5.56 Å². The summed E-state index contributed by atoms with van der Waals surface area (Å²) in [7, 11) is 0. The molecular weight excluding hydrogens is 282 g/mol. The fourth-order valence-corrected chi connectivity index (χ4v) is 2.37. The van der Waals surface area contributed by atoms with Crippen molar-refractivity contribution in [2.24, 2.45) is 0 Å². The quantitative estimate of drug-likeness (QED) is 0.776. The van der Waals surface area contributed by atoms with Gasteiger partial charge in [0.25, 0.3) is 0 Å². The molecule has 0 saturated heterocycles. The maximum atomic E-state index is 6.13. The molecule has 0 bridgehead atoms. The van der Waals surface area contributed by atoms with Gasteiger partial charge in [0.2, 0.25) is 0 Å². The summed E-state index contributed by atoms with van der Waals surface area (Å²) in [6.07, 6.45) is 3.71. The zero-order valence-corrected chi connectivity index (χ0v) is 12.3. The summed E-state index contributed by atoms with van der Waals surface area (Å²) >= 11 is 6.13. The topological polar surface area (TPSA) is 29.9 Å². The molecule has 3 nitrogen and oxygen atoms in total. The van der Waals surface area contributed by atoms with E-state index in [9.17, 15) is 0 Å². The van der Waals surface area contributed by atoms with Gasteiger partial charge in [0, 0.05) is 30.5 Å². The fourth-order valence-electron chi connectivity index (χ4n) is 2.17. The summed E-state index contributed by atoms with van der Waals surface area (Å²) < 4.78 is 1.85. The minimum atomic E-state index is 0.764. The highest BCUT2D eigenvalue weighted by Crippen LogP contribution is 2.14. The van der Waals surface area contributed by atoms with Gasteiger partial charge in [-0.15, -0.1) is 0 Å². The monoisotopic (exact) mass is 297 g/mol. The number of hydrogen-bond acceptors (Lipinski definition) is 2. The number of nitrogens with one attached hydrogen (secondary N) is 1. The first kappa shape index (κ1) is 13.9. The van der Waals surface area contributed by atoms with E-state index in [1.807, 2.05) is 41.2 Å². The number of benzene rings is 2. The normalized spacial score (nSPS) is 10.7. The van der Waals surface area contributed by atoms with Gasteiger partial charge in [-0.25, -0.2) is 4.68 Å². The van der Waals surface area contributed by atoms with Crippen LogP contribution in [-0.4, -0.2) is 9.78 Å². The number of aromatic nitrogens is 2. The molecule has 0 aliphatic rings. The Hall–Kier alpha value is -2.10. The lowest BCUT2D eigenvalue weighted by molar-refractivity contribution is 0.693. The Kier molecular flexibility index (Phi) is 4.34. The van der Waals surface area contributed by atoms with Gasteiger partial charge in [-0.05, 0) is 35.4 Å². The number of rotatable bonds is 5. The minimum absolute atomic E-state index is 0.764. The SMILES string of the molecule is Clc1ccccc1CNCc1ccc(-n2cccn2)cc1. The highest BCUT2D eigenvalue weighted by Gasteiger charge is 2.00. The van der Waals surface area contributed by atoms with Crippen molar-refractivity contribution in [3.63, 3.8) is 0 Å². The Morgan fingerprint density at radius 3 is 2.48 bits per heavy atom. The predicted octanol–water partition coefficient (Wildman–Crippen LogP) is 3.82. The van der Waals surface area contributed by atoms with E-state index in [-0.39, 0.29) is 0 Å². The van der Waals surface area contributed by atoms with Crippen LogP contribution in [0, 0.1) is 0 Å². The third-order valence-electron chi connectivity index (χ3n) is 3.31. The van der Waals surface area contributed by atoms with Crippen molar-refractivity contribution in [3.05, 3.63) is 83.1 Å². The first-order valence-corrected chi connectivity index (χ1v) is 7.24. The maximum absolute atomic E-state index is 6.13. The van der Waals surface area contributed by atoms with Gasteiger partial charge in [0.15, 0.2) is 0 Å². The highest BCUT2D eigenvalue weighted by molar-refractivity contribution is 6.31. The summed E-state index contributed by atoms with van der Waals surface area (Å²) in [6, 6.07) is 18.2. The largest absolute Gasteiger partial charge is 0.309 e. The van der Waals surface area contributed by atoms with Crippen LogP contribution in [0.3, 0.4) is 0 Å². The van der Waals surface area contributed by atoms with E-state index in [0.29, 0.717) is 0 Å². The van der Waals surface area contributed by atoms with Crippen molar-refractivity contribution in [1.29, 1.82) is 0 Å². The van der Waals surface area contributed by atoms with Gasteiger partial charge in [0.1, 0.15) is 0 Å². The number of halogens is 1. The Morgan fingerprint density at radius 1 is 0.952 bits per heavy atom. The lowest BCUT2D eigenvalue weighted by atomic mass is 10.2. The van der Waals surface area contributed by atoms with E-state index in [1.54, 1.807) is 6.20 Å². The van der Waals surface area contributed by atoms with Gasteiger partial charge in [0.05, 0.1) is 5.69 Å². The predicted molar refractivity (Wildman–Crippen MR) is 85.6 cm³/mol. The van der Waals surface area contributed by atoms with E-state index >= 15 is 0 Å². The number of nitrogens with zero attached hydrogens (tertiary/aromatic N) is 2. The molecule has 0 spiro atoms. The van der Waals surface area contributed by atoms with Gasteiger partial charge in [-0.1, -0.05) is 41.9 Å². The standard InChI is InChI=1S/C17H16ClN3/c18-17-5-2-1-4-15(17)13-19-12-14-6-8-16(9-7-14)21-11-3-10-20-21/h1-11,19H,12-13H2. The van der Waals surface area contributed by atoms with Crippen molar-refractivity contribution in [2.45, 2.75) is 13.1 Å². The third-order valence-corrected chi connectivity index (χ3v) is 3.68. The molecule has 0 unspecified atom stereocenters. The van der Waals surface area contributed by atoms with Crippen molar-refractivity contribution in [2.75, 3.05) is 0 Å². The molecule has 0 saturated carbocycles. The van der Waals surface area contributed by atoms with Crippen molar-refractivity contribution < 1.29 is 0 Å². The van der Waals surface area contributed by atoms with Crippen LogP contribution in [-0.2, 0) is 13.1 Å². The zero-order chi connectivity index (χ0) is 14.5. The highest BCUT2D eigenvalue weighted by atomic mass is 35.5. The molecule has 1 heterocycles. The Morgan fingerprint density at radius 2 is 1.76 bits per heavy atom. The second-order valence-corrected chi connectivity index (χ2v) is 5.22. The van der Waals surface area contributed by atoms with Crippen molar-refractivity contribution in [1.82, 2.24) is 15.1 Å². The van der Waals surface area contributed by atoms with E-state index in [2.05, 4.69) is 34.7 Å². The number of hydrogen-bond donors (Lipinski definition) is 1. The van der Waals surface area contributed by atoms with Gasteiger partial charge >= 0.3 is 0 Å². The van der Waals surface area contributed by atoms with Crippen molar-refractivity contribution >= 4 is 11.6 Å². The molecule has 3 aromatic rings.